The van der Waals surface area contributed by atoms with Gasteiger partial charge in [-0.25, -0.2) is 4.98 Å². The molecule has 0 radical (unpaired) electrons. The first-order chi connectivity index (χ1) is 18.0. The van der Waals surface area contributed by atoms with Gasteiger partial charge in [-0.15, -0.1) is 0 Å². The molecule has 2 aliphatic rings. The van der Waals surface area contributed by atoms with Crippen LogP contribution in [0.4, 0.5) is 5.82 Å². The van der Waals surface area contributed by atoms with Crippen LogP contribution in [0.1, 0.15) is 22.5 Å². The lowest BCUT2D eigenvalue weighted by molar-refractivity contribution is -0.122. The Morgan fingerprint density at radius 3 is 2.86 bits per heavy atom. The largest absolute Gasteiger partial charge is 0.467 e. The standard InChI is InChI=1S/C26H20N4O5S2/c1-15-4-7-22-28-23(27-11-16-5-6-19-20(9-16)35-14-34-19)18(24(31)29(22)12-15)10-21-25(32)30(26(36)37-21)13-17-3-2-8-33-17/h2-10,12,27H,11,13-14H2,1H3/b21-10-. The van der Waals surface area contributed by atoms with E-state index in [2.05, 4.69) is 5.32 Å². The number of amides is 1. The van der Waals surface area contributed by atoms with Gasteiger partial charge in [0, 0.05) is 12.7 Å². The molecule has 0 unspecified atom stereocenters. The van der Waals surface area contributed by atoms with Gasteiger partial charge in [0.1, 0.15) is 21.5 Å². The second kappa shape index (κ2) is 9.41. The van der Waals surface area contributed by atoms with E-state index in [1.165, 1.54) is 9.30 Å². The second-order valence-electron chi connectivity index (χ2n) is 8.50. The van der Waals surface area contributed by atoms with Crippen LogP contribution in [0, 0.1) is 6.92 Å². The third-order valence-electron chi connectivity index (χ3n) is 5.95. The average molecular weight is 533 g/mol. The summed E-state index contributed by atoms with van der Waals surface area (Å²) in [4.78, 5) is 33.3. The van der Waals surface area contributed by atoms with Crippen LogP contribution in [0.2, 0.25) is 0 Å². The van der Waals surface area contributed by atoms with Crippen molar-refractivity contribution in [2.75, 3.05) is 12.1 Å². The Kier molecular flexibility index (Phi) is 5.93. The third-order valence-corrected chi connectivity index (χ3v) is 7.32. The third kappa shape index (κ3) is 4.47. The number of furan rings is 1. The first kappa shape index (κ1) is 23.3. The highest BCUT2D eigenvalue weighted by atomic mass is 32.2. The molecule has 4 aromatic rings. The van der Waals surface area contributed by atoms with E-state index in [0.29, 0.717) is 44.5 Å². The van der Waals surface area contributed by atoms with E-state index in [1.807, 2.05) is 31.2 Å². The number of benzene rings is 1. The van der Waals surface area contributed by atoms with Crippen molar-refractivity contribution in [2.24, 2.45) is 0 Å². The summed E-state index contributed by atoms with van der Waals surface area (Å²) in [6, 6.07) is 12.9. The number of aromatic nitrogens is 2. The van der Waals surface area contributed by atoms with Gasteiger partial charge >= 0.3 is 0 Å². The maximum atomic E-state index is 13.6. The summed E-state index contributed by atoms with van der Waals surface area (Å²) < 4.78 is 18.1. The number of nitrogens with zero attached hydrogens (tertiary/aromatic N) is 3. The smallest absolute Gasteiger partial charge is 0.267 e. The quantitative estimate of drug-likeness (QED) is 0.287. The van der Waals surface area contributed by atoms with Crippen molar-refractivity contribution >= 4 is 51.7 Å². The van der Waals surface area contributed by atoms with E-state index in [9.17, 15) is 9.59 Å². The summed E-state index contributed by atoms with van der Waals surface area (Å²) >= 11 is 6.59. The number of hydrogen-bond acceptors (Lipinski definition) is 9. The van der Waals surface area contributed by atoms with Crippen molar-refractivity contribution in [2.45, 2.75) is 20.0 Å². The van der Waals surface area contributed by atoms with Crippen LogP contribution in [-0.2, 0) is 17.9 Å². The number of thiocarbonyl (C=S) groups is 1. The topological polar surface area (TPSA) is 98.3 Å². The molecule has 1 aromatic carbocycles. The van der Waals surface area contributed by atoms with Gasteiger partial charge in [0.2, 0.25) is 6.79 Å². The molecule has 37 heavy (non-hydrogen) atoms. The number of pyridine rings is 1. The summed E-state index contributed by atoms with van der Waals surface area (Å²) in [6.07, 6.45) is 4.84. The van der Waals surface area contributed by atoms with Crippen LogP contribution < -0.4 is 20.3 Å². The molecule has 2 aliphatic heterocycles. The molecule has 0 spiro atoms. The minimum Gasteiger partial charge on any atom is -0.467 e. The van der Waals surface area contributed by atoms with E-state index in [-0.39, 0.29) is 30.4 Å². The number of nitrogens with one attached hydrogen (secondary N) is 1. The predicted octanol–water partition coefficient (Wildman–Crippen LogP) is 4.34. The Hall–Kier alpha value is -4.09. The Balaban J connectivity index is 1.37. The molecule has 1 saturated heterocycles. The first-order valence-electron chi connectivity index (χ1n) is 11.4. The molecule has 1 N–H and O–H groups in total. The van der Waals surface area contributed by atoms with Crippen LogP contribution in [0.3, 0.4) is 0 Å². The summed E-state index contributed by atoms with van der Waals surface area (Å²) in [7, 11) is 0. The Morgan fingerprint density at radius 2 is 2.03 bits per heavy atom. The molecule has 0 bridgehead atoms. The highest BCUT2D eigenvalue weighted by Gasteiger charge is 2.33. The fourth-order valence-corrected chi connectivity index (χ4v) is 5.32. The van der Waals surface area contributed by atoms with Crippen molar-refractivity contribution in [1.82, 2.24) is 14.3 Å². The number of hydrogen-bond donors (Lipinski definition) is 1. The van der Waals surface area contributed by atoms with Crippen molar-refractivity contribution in [3.05, 3.63) is 92.6 Å². The monoisotopic (exact) mass is 532 g/mol. The number of rotatable bonds is 6. The molecule has 3 aromatic heterocycles. The number of fused-ring (bicyclic) bond motifs is 2. The van der Waals surface area contributed by atoms with Crippen LogP contribution in [0.15, 0.2) is 69.0 Å². The van der Waals surface area contributed by atoms with E-state index < -0.39 is 0 Å². The van der Waals surface area contributed by atoms with Gasteiger partial charge in [-0.05, 0) is 54.5 Å². The number of carbonyl (C=O) groups is 1. The van der Waals surface area contributed by atoms with Gasteiger partial charge < -0.3 is 19.2 Å². The predicted molar refractivity (Wildman–Crippen MR) is 144 cm³/mol. The normalized spacial score (nSPS) is 15.8. The number of carbonyl (C=O) groups excluding carboxylic acids is 1. The van der Waals surface area contributed by atoms with Crippen molar-refractivity contribution in [1.29, 1.82) is 0 Å². The van der Waals surface area contributed by atoms with Gasteiger partial charge in [-0.3, -0.25) is 18.9 Å². The number of anilines is 1. The van der Waals surface area contributed by atoms with Crippen LogP contribution in [0.5, 0.6) is 11.5 Å². The summed E-state index contributed by atoms with van der Waals surface area (Å²) in [5.41, 5.74) is 2.30. The minimum atomic E-state index is -0.293. The highest BCUT2D eigenvalue weighted by Crippen LogP contribution is 2.35. The van der Waals surface area contributed by atoms with Crippen LogP contribution in [-0.4, -0.2) is 31.3 Å². The van der Waals surface area contributed by atoms with E-state index in [4.69, 9.17) is 31.1 Å². The lowest BCUT2D eigenvalue weighted by Crippen LogP contribution is -2.27. The zero-order valence-electron chi connectivity index (χ0n) is 19.6. The summed E-state index contributed by atoms with van der Waals surface area (Å²) in [6.45, 7) is 2.69. The molecule has 5 heterocycles. The molecule has 6 rings (SSSR count). The molecule has 0 saturated carbocycles. The Morgan fingerprint density at radius 1 is 1.16 bits per heavy atom. The molecular weight excluding hydrogens is 512 g/mol. The fraction of sp³-hybridized carbons (Fsp3) is 0.154. The number of thioether (sulfide) groups is 1. The van der Waals surface area contributed by atoms with Crippen molar-refractivity contribution in [3.63, 3.8) is 0 Å². The SMILES string of the molecule is Cc1ccc2nc(NCc3ccc4c(c3)OCO4)c(/C=C3\SC(=S)N(Cc4ccco4)C3=O)c(=O)n2c1. The van der Waals surface area contributed by atoms with E-state index >= 15 is 0 Å². The van der Waals surface area contributed by atoms with Gasteiger partial charge in [-0.1, -0.05) is 36.1 Å². The lowest BCUT2D eigenvalue weighted by Gasteiger charge is -2.13. The molecule has 9 nitrogen and oxygen atoms in total. The summed E-state index contributed by atoms with van der Waals surface area (Å²) in [5.74, 6) is 2.05. The minimum absolute atomic E-state index is 0.191. The number of ether oxygens (including phenoxy) is 2. The Bertz CT molecular complexity index is 1640. The molecule has 1 amide bonds. The van der Waals surface area contributed by atoms with E-state index in [0.717, 1.165) is 22.9 Å². The molecule has 1 fully saturated rings. The van der Waals surface area contributed by atoms with Crippen molar-refractivity contribution in [3.8, 4) is 11.5 Å². The van der Waals surface area contributed by atoms with Gasteiger partial charge in [0.25, 0.3) is 11.5 Å². The van der Waals surface area contributed by atoms with Gasteiger partial charge in [-0.2, -0.15) is 0 Å². The molecule has 0 atom stereocenters. The zero-order valence-corrected chi connectivity index (χ0v) is 21.2. The zero-order chi connectivity index (χ0) is 25.5. The van der Waals surface area contributed by atoms with Crippen molar-refractivity contribution < 1.29 is 18.7 Å². The number of aryl methyl sites for hydroxylation is 1. The molecular formula is C26H20N4O5S2. The van der Waals surface area contributed by atoms with Crippen LogP contribution in [0.25, 0.3) is 11.7 Å². The summed E-state index contributed by atoms with van der Waals surface area (Å²) in [5, 5.41) is 3.27. The molecule has 186 valence electrons. The fourth-order valence-electron chi connectivity index (χ4n) is 4.09. The highest BCUT2D eigenvalue weighted by molar-refractivity contribution is 8.26. The molecule has 0 aliphatic carbocycles. The average Bonchev–Trinajstić information content (AvgIpc) is 3.63. The first-order valence-corrected chi connectivity index (χ1v) is 12.6. The van der Waals surface area contributed by atoms with Gasteiger partial charge in [0.15, 0.2) is 11.5 Å². The Labute approximate surface area is 220 Å². The maximum Gasteiger partial charge on any atom is 0.267 e. The van der Waals surface area contributed by atoms with E-state index in [1.54, 1.807) is 36.7 Å². The second-order valence-corrected chi connectivity index (χ2v) is 10.2. The maximum absolute atomic E-state index is 13.6. The van der Waals surface area contributed by atoms with Gasteiger partial charge in [0.05, 0.1) is 23.3 Å². The van der Waals surface area contributed by atoms with Crippen LogP contribution >= 0.6 is 24.0 Å². The molecule has 11 heteroatoms. The lowest BCUT2D eigenvalue weighted by atomic mass is 10.2.